The van der Waals surface area contributed by atoms with Crippen LogP contribution >= 0.6 is 0 Å². The zero-order valence-corrected chi connectivity index (χ0v) is 16.2. The number of anilines is 1. The van der Waals surface area contributed by atoms with Gasteiger partial charge in [-0.3, -0.25) is 14.5 Å². The molecule has 0 N–H and O–H groups in total. The molecule has 1 amide bonds. The van der Waals surface area contributed by atoms with E-state index in [2.05, 4.69) is 42.5 Å². The molecule has 0 saturated carbocycles. The first kappa shape index (κ1) is 17.0. The van der Waals surface area contributed by atoms with Crippen LogP contribution in [-0.4, -0.2) is 18.0 Å². The molecule has 5 nitrogen and oxygen atoms in total. The van der Waals surface area contributed by atoms with Crippen molar-refractivity contribution in [1.82, 2.24) is 0 Å². The number of hydrogen-bond donors (Lipinski definition) is 0. The lowest BCUT2D eigenvalue weighted by molar-refractivity contribution is -0.161. The van der Waals surface area contributed by atoms with E-state index in [1.807, 2.05) is 12.1 Å². The number of esters is 1. The van der Waals surface area contributed by atoms with Gasteiger partial charge in [0.25, 0.3) is 5.91 Å². The Morgan fingerprint density at radius 2 is 1.60 bits per heavy atom. The van der Waals surface area contributed by atoms with Crippen molar-refractivity contribution in [2.24, 2.45) is 0 Å². The number of ether oxygens (including phenoxy) is 1. The summed E-state index contributed by atoms with van der Waals surface area (Å²) in [6.07, 6.45) is 0.679. The Labute approximate surface area is 171 Å². The lowest BCUT2D eigenvalue weighted by Crippen LogP contribution is -2.60. The van der Waals surface area contributed by atoms with Crippen LogP contribution in [0, 0.1) is 0 Å². The van der Waals surface area contributed by atoms with Crippen LogP contribution < -0.4 is 4.90 Å². The number of carbonyl (C=O) groups is 2. The number of benzene rings is 4. The van der Waals surface area contributed by atoms with Crippen molar-refractivity contribution >= 4 is 49.9 Å². The van der Waals surface area contributed by atoms with Crippen LogP contribution in [0.15, 0.2) is 77.4 Å². The minimum absolute atomic E-state index is 0.248. The normalized spacial score (nSPS) is 19.0. The molecule has 5 heteroatoms. The molecule has 0 unspecified atom stereocenters. The molecule has 4 aromatic carbocycles. The number of furan rings is 1. The molecule has 1 aliphatic rings. The highest BCUT2D eigenvalue weighted by atomic mass is 16.6. The second-order valence-corrected chi connectivity index (χ2v) is 7.64. The van der Waals surface area contributed by atoms with Crippen molar-refractivity contribution in [3.63, 3.8) is 0 Å². The molecular weight excluding hydrogens is 378 g/mol. The summed E-state index contributed by atoms with van der Waals surface area (Å²) in [5.74, 6) is -0.145. The Kier molecular flexibility index (Phi) is 3.45. The van der Waals surface area contributed by atoms with Gasteiger partial charge >= 0.3 is 5.97 Å². The standard InChI is InChI=1S/C25H17NO4/c1-14(27)30-24-23(20-6-3-13-29-20)26(25(24)28)19-12-10-17-8-7-15-4-2-5-16-9-11-18(19)22(17)21(15)16/h2-13,23-24H,1H3/t23-,24-/m0/s1. The van der Waals surface area contributed by atoms with E-state index in [0.29, 0.717) is 5.76 Å². The first-order chi connectivity index (χ1) is 14.6. The Bertz CT molecular complexity index is 1420. The van der Waals surface area contributed by atoms with Gasteiger partial charge in [0, 0.05) is 12.3 Å². The largest absolute Gasteiger partial charge is 0.467 e. The molecule has 2 atom stereocenters. The minimum Gasteiger partial charge on any atom is -0.467 e. The van der Waals surface area contributed by atoms with Crippen molar-refractivity contribution in [3.05, 3.63) is 78.8 Å². The first-order valence-electron chi connectivity index (χ1n) is 9.84. The maximum absolute atomic E-state index is 13.1. The number of carbonyl (C=O) groups excluding carboxylic acids is 2. The highest BCUT2D eigenvalue weighted by Crippen LogP contribution is 2.46. The number of amides is 1. The predicted octanol–water partition coefficient (Wildman–Crippen LogP) is 5.20. The van der Waals surface area contributed by atoms with Gasteiger partial charge in [-0.1, -0.05) is 48.5 Å². The van der Waals surface area contributed by atoms with Crippen LogP contribution in [0.2, 0.25) is 0 Å². The highest BCUT2D eigenvalue weighted by molar-refractivity contribution is 6.26. The van der Waals surface area contributed by atoms with Crippen molar-refractivity contribution in [2.75, 3.05) is 4.90 Å². The quantitative estimate of drug-likeness (QED) is 0.239. The average molecular weight is 395 g/mol. The topological polar surface area (TPSA) is 59.8 Å². The molecule has 5 aromatic rings. The molecule has 0 spiro atoms. The van der Waals surface area contributed by atoms with Crippen molar-refractivity contribution in [1.29, 1.82) is 0 Å². The summed E-state index contributed by atoms with van der Waals surface area (Å²) < 4.78 is 10.9. The summed E-state index contributed by atoms with van der Waals surface area (Å²) in [6, 6.07) is 21.7. The van der Waals surface area contributed by atoms with Crippen LogP contribution in [0.25, 0.3) is 32.3 Å². The molecule has 146 valence electrons. The van der Waals surface area contributed by atoms with E-state index in [1.54, 1.807) is 23.3 Å². The van der Waals surface area contributed by atoms with Gasteiger partial charge < -0.3 is 9.15 Å². The monoisotopic (exact) mass is 395 g/mol. The maximum atomic E-state index is 13.1. The van der Waals surface area contributed by atoms with Crippen LogP contribution in [-0.2, 0) is 14.3 Å². The second-order valence-electron chi connectivity index (χ2n) is 7.64. The van der Waals surface area contributed by atoms with Gasteiger partial charge in [0.2, 0.25) is 6.10 Å². The third-order valence-electron chi connectivity index (χ3n) is 5.94. The third kappa shape index (κ3) is 2.23. The predicted molar refractivity (Wildman–Crippen MR) is 115 cm³/mol. The van der Waals surface area contributed by atoms with Gasteiger partial charge in [0.05, 0.1) is 12.0 Å². The van der Waals surface area contributed by atoms with Gasteiger partial charge in [-0.25, -0.2) is 0 Å². The van der Waals surface area contributed by atoms with Gasteiger partial charge in [0.15, 0.2) is 0 Å². The van der Waals surface area contributed by atoms with Crippen LogP contribution in [0.5, 0.6) is 0 Å². The number of hydrogen-bond acceptors (Lipinski definition) is 4. The van der Waals surface area contributed by atoms with E-state index < -0.39 is 18.1 Å². The second kappa shape index (κ2) is 6.07. The molecular formula is C25H17NO4. The summed E-state index contributed by atoms with van der Waals surface area (Å²) >= 11 is 0. The summed E-state index contributed by atoms with van der Waals surface area (Å²) in [5, 5.41) is 6.76. The Morgan fingerprint density at radius 1 is 0.900 bits per heavy atom. The van der Waals surface area contributed by atoms with Gasteiger partial charge in [-0.15, -0.1) is 0 Å². The van der Waals surface area contributed by atoms with Crippen molar-refractivity contribution < 1.29 is 18.7 Å². The number of nitrogens with zero attached hydrogens (tertiary/aromatic N) is 1. The number of β-lactam (4-membered cyclic amide) rings is 1. The van der Waals surface area contributed by atoms with E-state index in [0.717, 1.165) is 32.6 Å². The molecule has 0 aliphatic carbocycles. The minimum atomic E-state index is -0.882. The molecule has 30 heavy (non-hydrogen) atoms. The molecule has 2 heterocycles. The van der Waals surface area contributed by atoms with Crippen molar-refractivity contribution in [2.45, 2.75) is 19.1 Å². The fraction of sp³-hybridized carbons (Fsp3) is 0.120. The molecule has 1 aromatic heterocycles. The van der Waals surface area contributed by atoms with Crippen LogP contribution in [0.3, 0.4) is 0 Å². The SMILES string of the molecule is CC(=O)O[C@@H]1C(=O)N(c2ccc3ccc4cccc5ccc2c3c45)[C@H]1c1ccco1. The highest BCUT2D eigenvalue weighted by Gasteiger charge is 2.53. The summed E-state index contributed by atoms with van der Waals surface area (Å²) in [6.45, 7) is 1.31. The number of rotatable bonds is 3. The summed E-state index contributed by atoms with van der Waals surface area (Å²) in [4.78, 5) is 26.3. The Morgan fingerprint density at radius 3 is 2.30 bits per heavy atom. The van der Waals surface area contributed by atoms with E-state index in [1.165, 1.54) is 12.3 Å². The fourth-order valence-electron chi connectivity index (χ4n) is 4.69. The van der Waals surface area contributed by atoms with E-state index in [-0.39, 0.29) is 5.91 Å². The maximum Gasteiger partial charge on any atom is 0.303 e. The Hall–Kier alpha value is -3.86. The van der Waals surface area contributed by atoms with Crippen LogP contribution in [0.4, 0.5) is 5.69 Å². The van der Waals surface area contributed by atoms with E-state index >= 15 is 0 Å². The molecule has 1 saturated heterocycles. The molecule has 6 rings (SSSR count). The molecule has 1 aliphatic heterocycles. The first-order valence-corrected chi connectivity index (χ1v) is 9.84. The molecule has 1 fully saturated rings. The zero-order chi connectivity index (χ0) is 20.4. The molecule has 0 radical (unpaired) electrons. The fourth-order valence-corrected chi connectivity index (χ4v) is 4.69. The summed E-state index contributed by atoms with van der Waals surface area (Å²) in [5.41, 5.74) is 0.788. The zero-order valence-electron chi connectivity index (χ0n) is 16.2. The van der Waals surface area contributed by atoms with Crippen LogP contribution in [0.1, 0.15) is 18.7 Å². The van der Waals surface area contributed by atoms with Crippen molar-refractivity contribution in [3.8, 4) is 0 Å². The third-order valence-corrected chi connectivity index (χ3v) is 5.94. The van der Waals surface area contributed by atoms with E-state index in [4.69, 9.17) is 9.15 Å². The lowest BCUT2D eigenvalue weighted by atomic mass is 9.89. The molecule has 0 bridgehead atoms. The average Bonchev–Trinajstić information content (AvgIpc) is 3.28. The van der Waals surface area contributed by atoms with Gasteiger partial charge in [-0.2, -0.15) is 0 Å². The summed E-state index contributed by atoms with van der Waals surface area (Å²) in [7, 11) is 0. The lowest BCUT2D eigenvalue weighted by Gasteiger charge is -2.45. The van der Waals surface area contributed by atoms with Gasteiger partial charge in [0.1, 0.15) is 11.8 Å². The smallest absolute Gasteiger partial charge is 0.303 e. The Balaban J connectivity index is 1.58. The van der Waals surface area contributed by atoms with Gasteiger partial charge in [-0.05, 0) is 45.1 Å². The van der Waals surface area contributed by atoms with E-state index in [9.17, 15) is 9.59 Å².